The molecule has 0 radical (unpaired) electrons. The predicted octanol–water partition coefficient (Wildman–Crippen LogP) is 2.03. The zero-order chi connectivity index (χ0) is 36.1. The SMILES string of the molecule is COc1cccc([C@@H]2[C@@H](C(C)C)CN(C(C)=O)C[C@H](OC)[C@@H](O)[C@@H](O)COCCCCN2C(=O)CNCCS(=O)(=O)N2CCCCC2C)c1. The van der Waals surface area contributed by atoms with E-state index in [-0.39, 0.29) is 68.2 Å². The average molecular weight is 713 g/mol. The van der Waals surface area contributed by atoms with Crippen LogP contribution in [0.15, 0.2) is 24.3 Å². The first-order valence-electron chi connectivity index (χ1n) is 17.7. The van der Waals surface area contributed by atoms with Gasteiger partial charge in [-0.1, -0.05) is 32.4 Å². The van der Waals surface area contributed by atoms with Gasteiger partial charge in [-0.05, 0) is 56.2 Å². The minimum Gasteiger partial charge on any atom is -0.497 e. The van der Waals surface area contributed by atoms with Crippen LogP contribution in [0.25, 0.3) is 0 Å². The van der Waals surface area contributed by atoms with Crippen molar-refractivity contribution in [1.29, 1.82) is 0 Å². The molecule has 0 bridgehead atoms. The Morgan fingerprint density at radius 3 is 2.47 bits per heavy atom. The van der Waals surface area contributed by atoms with Crippen LogP contribution in [0.5, 0.6) is 5.75 Å². The molecule has 6 atom stereocenters. The normalized spacial score (nSPS) is 27.4. The minimum atomic E-state index is -3.47. The maximum absolute atomic E-state index is 14.3. The van der Waals surface area contributed by atoms with E-state index >= 15 is 0 Å². The number of aliphatic hydroxyl groups is 2. The molecule has 0 aliphatic carbocycles. The van der Waals surface area contributed by atoms with E-state index in [9.17, 15) is 28.2 Å². The monoisotopic (exact) mass is 712 g/mol. The minimum absolute atomic E-state index is 0.00601. The van der Waals surface area contributed by atoms with Crippen LogP contribution < -0.4 is 10.1 Å². The third kappa shape index (κ3) is 11.9. The molecule has 0 aromatic heterocycles. The lowest BCUT2D eigenvalue weighted by Gasteiger charge is -2.42. The summed E-state index contributed by atoms with van der Waals surface area (Å²) in [4.78, 5) is 30.8. The van der Waals surface area contributed by atoms with Crippen molar-refractivity contribution < 1.29 is 42.4 Å². The number of methoxy groups -OCH3 is 2. The molecule has 14 heteroatoms. The van der Waals surface area contributed by atoms with Crippen molar-refractivity contribution in [2.24, 2.45) is 11.8 Å². The molecule has 3 rings (SSSR count). The number of rotatable bonds is 10. The molecule has 1 aromatic rings. The van der Waals surface area contributed by atoms with E-state index in [2.05, 4.69) is 19.2 Å². The highest BCUT2D eigenvalue weighted by Crippen LogP contribution is 2.36. The highest BCUT2D eigenvalue weighted by Gasteiger charge is 2.38. The molecule has 2 aliphatic heterocycles. The second kappa shape index (κ2) is 19.9. The number of nitrogens with zero attached hydrogens (tertiary/aromatic N) is 3. The Morgan fingerprint density at radius 1 is 1.08 bits per heavy atom. The van der Waals surface area contributed by atoms with E-state index in [1.807, 2.05) is 36.1 Å². The molecule has 49 heavy (non-hydrogen) atoms. The molecule has 1 unspecified atom stereocenters. The van der Waals surface area contributed by atoms with Crippen LogP contribution in [0, 0.1) is 11.8 Å². The summed E-state index contributed by atoms with van der Waals surface area (Å²) in [6, 6.07) is 7.08. The third-order valence-electron chi connectivity index (χ3n) is 9.85. The molecule has 0 spiro atoms. The van der Waals surface area contributed by atoms with E-state index in [1.165, 1.54) is 14.0 Å². The summed E-state index contributed by atoms with van der Waals surface area (Å²) in [6.45, 7) is 8.97. The lowest BCUT2D eigenvalue weighted by molar-refractivity contribution is -0.139. The number of carbonyl (C=O) groups is 2. The molecular weight excluding hydrogens is 652 g/mol. The zero-order valence-electron chi connectivity index (χ0n) is 30.3. The Balaban J connectivity index is 1.96. The maximum Gasteiger partial charge on any atom is 0.237 e. The molecule has 2 aliphatic rings. The molecule has 2 heterocycles. The standard InChI is InChI=1S/C35H60N4O9S/c1-25(2)30-22-37(27(4)40)23-32(47-6)35(43)31(41)24-48-18-10-9-16-38(34(30)28-13-11-14-29(20-28)46-5)33(42)21-36-15-19-49(44,45)39-17-8-7-12-26(39)3/h11,13-14,20,25-26,30-32,34-36,41,43H,7-10,12,15-19,21-24H2,1-6H3/t26?,30-,31+,32+,34-,35+/m1/s1. The van der Waals surface area contributed by atoms with Crippen LogP contribution in [-0.4, -0.2) is 141 Å². The molecule has 2 amide bonds. The van der Waals surface area contributed by atoms with E-state index < -0.39 is 34.4 Å². The van der Waals surface area contributed by atoms with Crippen LogP contribution >= 0.6 is 0 Å². The van der Waals surface area contributed by atoms with Gasteiger partial charge in [-0.15, -0.1) is 0 Å². The average Bonchev–Trinajstić information content (AvgIpc) is 3.07. The van der Waals surface area contributed by atoms with Gasteiger partial charge in [-0.3, -0.25) is 9.59 Å². The first-order chi connectivity index (χ1) is 23.3. The number of aliphatic hydroxyl groups excluding tert-OH is 2. The fourth-order valence-electron chi connectivity index (χ4n) is 6.84. The smallest absolute Gasteiger partial charge is 0.237 e. The number of hydrogen-bond acceptors (Lipinski definition) is 10. The number of amides is 2. The van der Waals surface area contributed by atoms with Gasteiger partial charge in [0, 0.05) is 65.3 Å². The zero-order valence-corrected chi connectivity index (χ0v) is 31.1. The van der Waals surface area contributed by atoms with Crippen LogP contribution in [0.3, 0.4) is 0 Å². The van der Waals surface area contributed by atoms with Crippen molar-refractivity contribution in [3.8, 4) is 5.75 Å². The Morgan fingerprint density at radius 2 is 1.82 bits per heavy atom. The van der Waals surface area contributed by atoms with Crippen LogP contribution in [0.1, 0.15) is 71.4 Å². The molecule has 2 saturated heterocycles. The number of nitrogens with one attached hydrogen (secondary N) is 1. The number of hydrogen-bond donors (Lipinski definition) is 3. The first-order valence-corrected chi connectivity index (χ1v) is 19.3. The van der Waals surface area contributed by atoms with Crippen molar-refractivity contribution in [1.82, 2.24) is 19.4 Å². The number of piperidine rings is 1. The lowest BCUT2D eigenvalue weighted by atomic mass is 9.82. The summed E-state index contributed by atoms with van der Waals surface area (Å²) >= 11 is 0. The quantitative estimate of drug-likeness (QED) is 0.307. The van der Waals surface area contributed by atoms with Crippen molar-refractivity contribution in [3.05, 3.63) is 29.8 Å². The van der Waals surface area contributed by atoms with Crippen molar-refractivity contribution in [3.63, 3.8) is 0 Å². The highest BCUT2D eigenvalue weighted by molar-refractivity contribution is 7.89. The van der Waals surface area contributed by atoms with E-state index in [4.69, 9.17) is 14.2 Å². The summed E-state index contributed by atoms with van der Waals surface area (Å²) in [7, 11) is -0.452. The third-order valence-corrected chi connectivity index (χ3v) is 11.8. The molecule has 13 nitrogen and oxygen atoms in total. The van der Waals surface area contributed by atoms with Crippen molar-refractivity contribution >= 4 is 21.8 Å². The largest absolute Gasteiger partial charge is 0.497 e. The highest BCUT2D eigenvalue weighted by atomic mass is 32.2. The molecule has 2 fully saturated rings. The summed E-state index contributed by atoms with van der Waals surface area (Å²) in [5.41, 5.74) is 0.843. The van der Waals surface area contributed by atoms with Gasteiger partial charge in [-0.25, -0.2) is 8.42 Å². The van der Waals surface area contributed by atoms with E-state index in [0.717, 1.165) is 24.8 Å². The Labute approximate surface area is 293 Å². The van der Waals surface area contributed by atoms with Crippen LogP contribution in [0.2, 0.25) is 0 Å². The van der Waals surface area contributed by atoms with Gasteiger partial charge in [0.15, 0.2) is 0 Å². The molecule has 280 valence electrons. The number of carbonyl (C=O) groups excluding carboxylic acids is 2. The van der Waals surface area contributed by atoms with Crippen LogP contribution in [0.4, 0.5) is 0 Å². The number of benzene rings is 1. The van der Waals surface area contributed by atoms with Crippen molar-refractivity contribution in [2.45, 2.75) is 90.2 Å². The summed E-state index contributed by atoms with van der Waals surface area (Å²) < 4.78 is 44.6. The van der Waals surface area contributed by atoms with Gasteiger partial charge < -0.3 is 39.5 Å². The molecule has 3 N–H and O–H groups in total. The fourth-order valence-corrected chi connectivity index (χ4v) is 8.54. The number of sulfonamides is 1. The molecular formula is C35H60N4O9S. The van der Waals surface area contributed by atoms with Crippen LogP contribution in [-0.2, 0) is 29.1 Å². The first kappa shape index (κ1) is 41.1. The number of ether oxygens (including phenoxy) is 3. The summed E-state index contributed by atoms with van der Waals surface area (Å²) in [5.74, 6) is -0.158. The lowest BCUT2D eigenvalue weighted by Crippen LogP contribution is -2.51. The van der Waals surface area contributed by atoms with Gasteiger partial charge in [0.2, 0.25) is 21.8 Å². The fraction of sp³-hybridized carbons (Fsp3) is 0.771. The predicted molar refractivity (Wildman–Crippen MR) is 188 cm³/mol. The second-order valence-electron chi connectivity index (χ2n) is 13.7. The topological polar surface area (TPSA) is 158 Å². The van der Waals surface area contributed by atoms with Crippen molar-refractivity contribution in [2.75, 3.05) is 72.5 Å². The Hall–Kier alpha value is -2.33. The molecule has 0 saturated carbocycles. The van der Waals surface area contributed by atoms with Gasteiger partial charge >= 0.3 is 0 Å². The second-order valence-corrected chi connectivity index (χ2v) is 15.7. The van der Waals surface area contributed by atoms with Gasteiger partial charge in [0.05, 0.1) is 32.1 Å². The van der Waals surface area contributed by atoms with E-state index in [1.54, 1.807) is 16.3 Å². The maximum atomic E-state index is 14.3. The van der Waals surface area contributed by atoms with E-state index in [0.29, 0.717) is 38.3 Å². The Bertz CT molecular complexity index is 1280. The van der Waals surface area contributed by atoms with Gasteiger partial charge in [-0.2, -0.15) is 4.31 Å². The Kier molecular flexibility index (Phi) is 16.7. The molecule has 1 aromatic carbocycles. The summed E-state index contributed by atoms with van der Waals surface area (Å²) in [5, 5.41) is 24.7. The van der Waals surface area contributed by atoms with Gasteiger partial charge in [0.25, 0.3) is 0 Å². The van der Waals surface area contributed by atoms with Gasteiger partial charge in [0.1, 0.15) is 24.1 Å². The summed E-state index contributed by atoms with van der Waals surface area (Å²) in [6.07, 6.45) is 0.547.